The highest BCUT2D eigenvalue weighted by molar-refractivity contribution is 5.53. The molecule has 0 aliphatic carbocycles. The zero-order valence-corrected chi connectivity index (χ0v) is 14.0. The molecule has 0 radical (unpaired) electrons. The van der Waals surface area contributed by atoms with Gasteiger partial charge in [0.15, 0.2) is 0 Å². The van der Waals surface area contributed by atoms with Crippen LogP contribution in [0.2, 0.25) is 0 Å². The molecule has 2 aromatic rings. The molecule has 0 heterocycles. The number of rotatable bonds is 6. The topological polar surface area (TPSA) is 0 Å². The Morgan fingerprint density at radius 2 is 0.955 bits per heavy atom. The van der Waals surface area contributed by atoms with Gasteiger partial charge < -0.3 is 0 Å². The first-order valence-electron chi connectivity index (χ1n) is 8.16. The van der Waals surface area contributed by atoms with E-state index in [1.165, 1.54) is 36.8 Å². The fourth-order valence-corrected chi connectivity index (χ4v) is 2.22. The van der Waals surface area contributed by atoms with E-state index in [4.69, 9.17) is 0 Å². The predicted molar refractivity (Wildman–Crippen MR) is 101 cm³/mol. The van der Waals surface area contributed by atoms with Gasteiger partial charge in [-0.1, -0.05) is 101 Å². The Balaban J connectivity index is 0.000000224. The minimum Gasteiger partial charge on any atom is -0.0985 e. The zero-order valence-electron chi connectivity index (χ0n) is 14.0. The number of hydrogen-bond acceptors (Lipinski definition) is 0. The number of hydrogen-bond donors (Lipinski definition) is 0. The van der Waals surface area contributed by atoms with Gasteiger partial charge in [0, 0.05) is 0 Å². The standard InChI is InChI=1S/C12H18.C10H10/c1-3-5-11-7-9-12(6-4-2)10-8-11;1-3-9-5-7-10(4-2)8-6-9/h7-10H,3-6H2,1-2H3;3-8H,1-2H2. The number of aryl methyl sites for hydroxylation is 2. The second-order valence-electron chi connectivity index (χ2n) is 5.39. The van der Waals surface area contributed by atoms with Crippen LogP contribution in [-0.4, -0.2) is 0 Å². The van der Waals surface area contributed by atoms with Crippen molar-refractivity contribution < 1.29 is 0 Å². The van der Waals surface area contributed by atoms with E-state index >= 15 is 0 Å². The maximum atomic E-state index is 3.66. The van der Waals surface area contributed by atoms with Gasteiger partial charge in [-0.05, 0) is 35.1 Å². The van der Waals surface area contributed by atoms with E-state index in [-0.39, 0.29) is 0 Å². The van der Waals surface area contributed by atoms with E-state index < -0.39 is 0 Å². The number of benzene rings is 2. The molecule has 0 unspecified atom stereocenters. The summed E-state index contributed by atoms with van der Waals surface area (Å²) in [5.41, 5.74) is 5.23. The summed E-state index contributed by atoms with van der Waals surface area (Å²) in [6.45, 7) is 11.8. The van der Waals surface area contributed by atoms with Crippen LogP contribution >= 0.6 is 0 Å². The molecule has 0 heteroatoms. The van der Waals surface area contributed by atoms with E-state index in [2.05, 4.69) is 51.3 Å². The van der Waals surface area contributed by atoms with Crippen molar-refractivity contribution in [3.8, 4) is 0 Å². The summed E-state index contributed by atoms with van der Waals surface area (Å²) in [7, 11) is 0. The molecule has 0 saturated carbocycles. The van der Waals surface area contributed by atoms with Crippen LogP contribution in [0.3, 0.4) is 0 Å². The lowest BCUT2D eigenvalue weighted by molar-refractivity contribution is 0.904. The molecule has 0 N–H and O–H groups in total. The largest absolute Gasteiger partial charge is 0.0985 e. The van der Waals surface area contributed by atoms with Crippen LogP contribution in [0.25, 0.3) is 12.2 Å². The van der Waals surface area contributed by atoms with Gasteiger partial charge in [-0.2, -0.15) is 0 Å². The van der Waals surface area contributed by atoms with Gasteiger partial charge in [0.2, 0.25) is 0 Å². The summed E-state index contributed by atoms with van der Waals surface area (Å²) in [5, 5.41) is 0. The van der Waals surface area contributed by atoms with Crippen LogP contribution in [0.15, 0.2) is 61.7 Å². The maximum Gasteiger partial charge on any atom is -0.0262 e. The van der Waals surface area contributed by atoms with Gasteiger partial charge in [0.25, 0.3) is 0 Å². The van der Waals surface area contributed by atoms with Crippen LogP contribution in [0, 0.1) is 0 Å². The van der Waals surface area contributed by atoms with Gasteiger partial charge in [-0.15, -0.1) is 0 Å². The fraction of sp³-hybridized carbons (Fsp3) is 0.273. The molecule has 0 fully saturated rings. The SMILES string of the molecule is C=Cc1ccc(C=C)cc1.CCCc1ccc(CCC)cc1. The van der Waals surface area contributed by atoms with Gasteiger partial charge in [0.05, 0.1) is 0 Å². The first kappa shape index (κ1) is 18.0. The maximum absolute atomic E-state index is 3.66. The predicted octanol–water partition coefficient (Wildman–Crippen LogP) is 6.56. The smallest absolute Gasteiger partial charge is 0.0262 e. The van der Waals surface area contributed by atoms with Crippen molar-refractivity contribution in [2.75, 3.05) is 0 Å². The molecular formula is C22H28. The summed E-state index contributed by atoms with van der Waals surface area (Å²) >= 11 is 0. The van der Waals surface area contributed by atoms with Crippen molar-refractivity contribution in [1.82, 2.24) is 0 Å². The molecule has 0 saturated heterocycles. The Morgan fingerprint density at radius 3 is 1.18 bits per heavy atom. The molecule has 0 aromatic heterocycles. The first-order valence-corrected chi connectivity index (χ1v) is 8.16. The summed E-state index contributed by atoms with van der Waals surface area (Å²) in [6, 6.07) is 17.1. The summed E-state index contributed by atoms with van der Waals surface area (Å²) in [4.78, 5) is 0. The molecule has 2 aromatic carbocycles. The van der Waals surface area contributed by atoms with E-state index in [1.807, 2.05) is 36.4 Å². The molecule has 22 heavy (non-hydrogen) atoms. The summed E-state index contributed by atoms with van der Waals surface area (Å²) < 4.78 is 0. The van der Waals surface area contributed by atoms with Crippen molar-refractivity contribution in [1.29, 1.82) is 0 Å². The van der Waals surface area contributed by atoms with E-state index in [1.54, 1.807) is 0 Å². The molecule has 0 aliphatic rings. The van der Waals surface area contributed by atoms with Crippen LogP contribution in [0.1, 0.15) is 48.9 Å². The van der Waals surface area contributed by atoms with Crippen molar-refractivity contribution in [2.24, 2.45) is 0 Å². The molecule has 0 bridgehead atoms. The third-order valence-corrected chi connectivity index (χ3v) is 3.51. The highest BCUT2D eigenvalue weighted by Crippen LogP contribution is 2.08. The molecular weight excluding hydrogens is 264 g/mol. The summed E-state index contributed by atoms with van der Waals surface area (Å²) in [6.07, 6.45) is 8.57. The highest BCUT2D eigenvalue weighted by atomic mass is 14.0. The average Bonchev–Trinajstić information content (AvgIpc) is 2.58. The minimum atomic E-state index is 1.14. The van der Waals surface area contributed by atoms with E-state index in [0.717, 1.165) is 11.1 Å². The molecule has 0 atom stereocenters. The van der Waals surface area contributed by atoms with Crippen LogP contribution < -0.4 is 0 Å². The highest BCUT2D eigenvalue weighted by Gasteiger charge is 1.92. The third-order valence-electron chi connectivity index (χ3n) is 3.51. The second kappa shape index (κ2) is 10.6. The molecule has 0 spiro atoms. The van der Waals surface area contributed by atoms with Crippen molar-refractivity contribution in [3.63, 3.8) is 0 Å². The molecule has 0 nitrogen and oxygen atoms in total. The molecule has 0 aliphatic heterocycles. The van der Waals surface area contributed by atoms with Crippen molar-refractivity contribution in [2.45, 2.75) is 39.5 Å². The lowest BCUT2D eigenvalue weighted by atomic mass is 10.1. The van der Waals surface area contributed by atoms with Crippen molar-refractivity contribution in [3.05, 3.63) is 83.9 Å². The second-order valence-corrected chi connectivity index (χ2v) is 5.39. The van der Waals surface area contributed by atoms with E-state index in [0.29, 0.717) is 0 Å². The Kier molecular flexibility index (Phi) is 8.67. The lowest BCUT2D eigenvalue weighted by Crippen LogP contribution is -1.85. The molecule has 0 amide bonds. The monoisotopic (exact) mass is 292 g/mol. The fourth-order valence-electron chi connectivity index (χ4n) is 2.22. The Bertz CT molecular complexity index is 492. The van der Waals surface area contributed by atoms with Crippen LogP contribution in [0.5, 0.6) is 0 Å². The Morgan fingerprint density at radius 1 is 0.636 bits per heavy atom. The molecule has 116 valence electrons. The first-order chi connectivity index (χ1) is 10.7. The Hall–Kier alpha value is -2.08. The third kappa shape index (κ3) is 6.58. The van der Waals surface area contributed by atoms with Gasteiger partial charge in [-0.3, -0.25) is 0 Å². The minimum absolute atomic E-state index is 1.14. The van der Waals surface area contributed by atoms with Gasteiger partial charge in [-0.25, -0.2) is 0 Å². The quantitative estimate of drug-likeness (QED) is 0.565. The van der Waals surface area contributed by atoms with Crippen LogP contribution in [0.4, 0.5) is 0 Å². The summed E-state index contributed by atoms with van der Waals surface area (Å²) in [5.74, 6) is 0. The Labute approximate surface area is 136 Å². The zero-order chi connectivity index (χ0) is 16.2. The molecule has 2 rings (SSSR count). The normalized spacial score (nSPS) is 9.55. The van der Waals surface area contributed by atoms with E-state index in [9.17, 15) is 0 Å². The van der Waals surface area contributed by atoms with Gasteiger partial charge in [0.1, 0.15) is 0 Å². The van der Waals surface area contributed by atoms with Crippen molar-refractivity contribution >= 4 is 12.2 Å². The van der Waals surface area contributed by atoms with Crippen LogP contribution in [-0.2, 0) is 12.8 Å². The van der Waals surface area contributed by atoms with Gasteiger partial charge >= 0.3 is 0 Å². The average molecular weight is 292 g/mol. The lowest BCUT2D eigenvalue weighted by Gasteiger charge is -2.01.